The summed E-state index contributed by atoms with van der Waals surface area (Å²) >= 11 is 0. The molecule has 90 valence electrons. The minimum absolute atomic E-state index is 0.825. The molecule has 2 aromatic carbocycles. The van der Waals surface area contributed by atoms with Crippen molar-refractivity contribution in [3.8, 4) is 5.75 Å². The molecular weight excluding hydrogens is 208 g/mol. The van der Waals surface area contributed by atoms with Gasteiger partial charge >= 0.3 is 0 Å². The molecule has 0 aliphatic carbocycles. The molecule has 0 N–H and O–H groups in total. The number of hydrogen-bond acceptors (Lipinski definition) is 1. The summed E-state index contributed by atoms with van der Waals surface area (Å²) in [6, 6.07) is 12.8. The number of fused-ring (bicyclic) bond motifs is 1. The Labute approximate surface area is 103 Å². The van der Waals surface area contributed by atoms with Gasteiger partial charge in [0.1, 0.15) is 5.75 Å². The normalized spacial score (nSPS) is 10.7. The number of ether oxygens (including phenoxy) is 1. The summed E-state index contributed by atoms with van der Waals surface area (Å²) in [5.74, 6) is 0.985. The molecule has 0 amide bonds. The van der Waals surface area contributed by atoms with Crippen molar-refractivity contribution >= 4 is 10.8 Å². The topological polar surface area (TPSA) is 9.23 Å². The van der Waals surface area contributed by atoms with Crippen molar-refractivity contribution in [3.05, 3.63) is 42.0 Å². The molecule has 0 aromatic heterocycles. The molecule has 0 radical (unpaired) electrons. The quantitative estimate of drug-likeness (QED) is 0.673. The summed E-state index contributed by atoms with van der Waals surface area (Å²) in [4.78, 5) is 0. The van der Waals surface area contributed by atoms with Crippen molar-refractivity contribution in [3.63, 3.8) is 0 Å². The van der Waals surface area contributed by atoms with Crippen LogP contribution in [0.25, 0.3) is 10.8 Å². The van der Waals surface area contributed by atoms with Gasteiger partial charge in [0.2, 0.25) is 0 Å². The molecule has 0 aliphatic rings. The molecule has 2 rings (SSSR count). The summed E-state index contributed by atoms with van der Waals surface area (Å²) < 4.78 is 5.76. The van der Waals surface area contributed by atoms with Crippen LogP contribution in [0.5, 0.6) is 5.75 Å². The lowest BCUT2D eigenvalue weighted by Crippen LogP contribution is -1.96. The van der Waals surface area contributed by atoms with Crippen LogP contribution >= 0.6 is 0 Å². The SMILES string of the molecule is CCCCCOc1ccc2ccc(C)cc2c1. The van der Waals surface area contributed by atoms with E-state index in [4.69, 9.17) is 4.74 Å². The van der Waals surface area contributed by atoms with E-state index < -0.39 is 0 Å². The third-order valence-corrected chi connectivity index (χ3v) is 2.98. The first-order chi connectivity index (χ1) is 8.29. The van der Waals surface area contributed by atoms with Gasteiger partial charge in [-0.2, -0.15) is 0 Å². The highest BCUT2D eigenvalue weighted by Crippen LogP contribution is 2.22. The number of rotatable bonds is 5. The average Bonchev–Trinajstić information content (AvgIpc) is 2.34. The van der Waals surface area contributed by atoms with Gasteiger partial charge in [0.25, 0.3) is 0 Å². The van der Waals surface area contributed by atoms with Gasteiger partial charge in [-0.25, -0.2) is 0 Å². The minimum atomic E-state index is 0.825. The van der Waals surface area contributed by atoms with Crippen LogP contribution in [0, 0.1) is 6.92 Å². The Kier molecular flexibility index (Phi) is 4.03. The third-order valence-electron chi connectivity index (χ3n) is 2.98. The molecule has 0 heterocycles. The second-order valence-electron chi connectivity index (χ2n) is 4.57. The summed E-state index contributed by atoms with van der Waals surface area (Å²) in [6.07, 6.45) is 3.62. The van der Waals surface area contributed by atoms with Crippen molar-refractivity contribution in [2.24, 2.45) is 0 Å². The van der Waals surface area contributed by atoms with Crippen LogP contribution in [0.3, 0.4) is 0 Å². The summed E-state index contributed by atoms with van der Waals surface area (Å²) in [7, 11) is 0. The van der Waals surface area contributed by atoms with Gasteiger partial charge in [0, 0.05) is 0 Å². The molecule has 0 fully saturated rings. The van der Waals surface area contributed by atoms with E-state index in [2.05, 4.69) is 50.2 Å². The van der Waals surface area contributed by atoms with Crippen LogP contribution in [-0.2, 0) is 0 Å². The molecule has 1 nitrogen and oxygen atoms in total. The number of hydrogen-bond donors (Lipinski definition) is 0. The monoisotopic (exact) mass is 228 g/mol. The van der Waals surface area contributed by atoms with Gasteiger partial charge in [-0.3, -0.25) is 0 Å². The van der Waals surface area contributed by atoms with Gasteiger partial charge in [-0.1, -0.05) is 49.6 Å². The van der Waals surface area contributed by atoms with Gasteiger partial charge < -0.3 is 4.74 Å². The van der Waals surface area contributed by atoms with Crippen LogP contribution in [0.4, 0.5) is 0 Å². The molecule has 2 aromatic rings. The highest BCUT2D eigenvalue weighted by Gasteiger charge is 1.98. The molecule has 0 aliphatic heterocycles. The van der Waals surface area contributed by atoms with Crippen molar-refractivity contribution in [2.75, 3.05) is 6.61 Å². The van der Waals surface area contributed by atoms with Gasteiger partial charge in [0.05, 0.1) is 6.61 Å². The van der Waals surface area contributed by atoms with Gasteiger partial charge in [-0.15, -0.1) is 0 Å². The van der Waals surface area contributed by atoms with E-state index in [1.54, 1.807) is 0 Å². The molecule has 0 saturated heterocycles. The third kappa shape index (κ3) is 3.23. The Hall–Kier alpha value is -1.50. The Morgan fingerprint density at radius 1 is 0.941 bits per heavy atom. The number of aryl methyl sites for hydroxylation is 1. The summed E-state index contributed by atoms with van der Waals surface area (Å²) in [5.41, 5.74) is 1.29. The van der Waals surface area contributed by atoms with E-state index in [-0.39, 0.29) is 0 Å². The van der Waals surface area contributed by atoms with E-state index in [1.165, 1.54) is 29.2 Å². The molecule has 0 unspecified atom stereocenters. The zero-order chi connectivity index (χ0) is 12.1. The standard InChI is InChI=1S/C16H20O/c1-3-4-5-10-17-16-9-8-14-7-6-13(2)11-15(14)12-16/h6-9,11-12H,3-5,10H2,1-2H3. The van der Waals surface area contributed by atoms with E-state index in [0.717, 1.165) is 18.8 Å². The largest absolute Gasteiger partial charge is 0.494 e. The summed E-state index contributed by atoms with van der Waals surface area (Å²) in [5, 5.41) is 2.54. The van der Waals surface area contributed by atoms with Gasteiger partial charge in [0.15, 0.2) is 0 Å². The Balaban J connectivity index is 2.08. The molecule has 0 saturated carbocycles. The van der Waals surface area contributed by atoms with Crippen molar-refractivity contribution < 1.29 is 4.74 Å². The first-order valence-corrected chi connectivity index (χ1v) is 6.43. The predicted molar refractivity (Wildman–Crippen MR) is 73.7 cm³/mol. The fourth-order valence-corrected chi connectivity index (χ4v) is 1.98. The first kappa shape index (κ1) is 12.0. The lowest BCUT2D eigenvalue weighted by molar-refractivity contribution is 0.306. The average molecular weight is 228 g/mol. The number of unbranched alkanes of at least 4 members (excludes halogenated alkanes) is 2. The maximum Gasteiger partial charge on any atom is 0.119 e. The van der Waals surface area contributed by atoms with Crippen LogP contribution in [0.2, 0.25) is 0 Å². The van der Waals surface area contributed by atoms with E-state index in [9.17, 15) is 0 Å². The Morgan fingerprint density at radius 2 is 1.76 bits per heavy atom. The summed E-state index contributed by atoms with van der Waals surface area (Å²) in [6.45, 7) is 5.15. The highest BCUT2D eigenvalue weighted by atomic mass is 16.5. The Morgan fingerprint density at radius 3 is 2.59 bits per heavy atom. The maximum absolute atomic E-state index is 5.76. The van der Waals surface area contributed by atoms with E-state index in [0.29, 0.717) is 0 Å². The van der Waals surface area contributed by atoms with Crippen LogP contribution in [0.15, 0.2) is 36.4 Å². The zero-order valence-corrected chi connectivity index (χ0v) is 10.7. The second-order valence-corrected chi connectivity index (χ2v) is 4.57. The van der Waals surface area contributed by atoms with Crippen molar-refractivity contribution in [1.82, 2.24) is 0 Å². The predicted octanol–water partition coefficient (Wildman–Crippen LogP) is 4.72. The molecule has 1 heteroatoms. The fourth-order valence-electron chi connectivity index (χ4n) is 1.98. The van der Waals surface area contributed by atoms with Crippen molar-refractivity contribution in [1.29, 1.82) is 0 Å². The second kappa shape index (κ2) is 5.72. The molecule has 0 atom stereocenters. The van der Waals surface area contributed by atoms with E-state index >= 15 is 0 Å². The van der Waals surface area contributed by atoms with Crippen LogP contribution in [0.1, 0.15) is 31.7 Å². The molecule has 0 spiro atoms. The van der Waals surface area contributed by atoms with Crippen LogP contribution in [-0.4, -0.2) is 6.61 Å². The molecule has 17 heavy (non-hydrogen) atoms. The fraction of sp³-hybridized carbons (Fsp3) is 0.375. The molecule has 0 bridgehead atoms. The van der Waals surface area contributed by atoms with Crippen molar-refractivity contribution in [2.45, 2.75) is 33.1 Å². The lowest BCUT2D eigenvalue weighted by Gasteiger charge is -2.07. The first-order valence-electron chi connectivity index (χ1n) is 6.43. The van der Waals surface area contributed by atoms with Crippen LogP contribution < -0.4 is 4.74 Å². The maximum atomic E-state index is 5.76. The smallest absolute Gasteiger partial charge is 0.119 e. The molecular formula is C16H20O. The minimum Gasteiger partial charge on any atom is -0.494 e. The lowest BCUT2D eigenvalue weighted by atomic mass is 10.1. The Bertz CT molecular complexity index is 488. The number of benzene rings is 2. The zero-order valence-electron chi connectivity index (χ0n) is 10.7. The van der Waals surface area contributed by atoms with Gasteiger partial charge in [-0.05, 0) is 36.2 Å². The highest BCUT2D eigenvalue weighted by molar-refractivity contribution is 5.84. The van der Waals surface area contributed by atoms with E-state index in [1.807, 2.05) is 0 Å².